The molecule has 1 saturated heterocycles. The van der Waals surface area contributed by atoms with Gasteiger partial charge in [0.25, 0.3) is 0 Å². The summed E-state index contributed by atoms with van der Waals surface area (Å²) in [6, 6.07) is 11.7. The minimum Gasteiger partial charge on any atom is -0.494 e. The predicted octanol–water partition coefficient (Wildman–Crippen LogP) is 3.41. The molecule has 1 aromatic heterocycles. The number of aryl methyl sites for hydroxylation is 1. The predicted molar refractivity (Wildman–Crippen MR) is 102 cm³/mol. The smallest absolute Gasteiger partial charge is 0.167 e. The molecule has 5 nitrogen and oxygen atoms in total. The fraction of sp³-hybridized carbons (Fsp3) is 0.300. The third-order valence-corrected chi connectivity index (χ3v) is 4.83. The monoisotopic (exact) mass is 352 g/mol. The van der Waals surface area contributed by atoms with E-state index in [9.17, 15) is 4.39 Å². The first-order valence-electron chi connectivity index (χ1n) is 8.70. The largest absolute Gasteiger partial charge is 0.494 e. The normalized spacial score (nSPS) is 14.7. The molecule has 1 fully saturated rings. The minimum absolute atomic E-state index is 0.215. The van der Waals surface area contributed by atoms with Crippen molar-refractivity contribution in [2.45, 2.75) is 6.92 Å². The molecule has 6 heteroatoms. The molecule has 4 rings (SSSR count). The molecule has 0 bridgehead atoms. The molecule has 0 spiro atoms. The Hall–Kier alpha value is -2.89. The number of halogens is 1. The number of nitrogens with zero attached hydrogens (tertiary/aromatic N) is 4. The van der Waals surface area contributed by atoms with Gasteiger partial charge in [-0.15, -0.1) is 0 Å². The maximum absolute atomic E-state index is 14.0. The van der Waals surface area contributed by atoms with Crippen LogP contribution in [0, 0.1) is 12.7 Å². The van der Waals surface area contributed by atoms with Gasteiger partial charge < -0.3 is 14.5 Å². The average molecular weight is 352 g/mol. The van der Waals surface area contributed by atoms with Gasteiger partial charge in [-0.3, -0.25) is 0 Å². The summed E-state index contributed by atoms with van der Waals surface area (Å²) in [5.41, 5.74) is 3.11. The fourth-order valence-electron chi connectivity index (χ4n) is 3.45. The Morgan fingerprint density at radius 3 is 2.50 bits per heavy atom. The summed E-state index contributed by atoms with van der Waals surface area (Å²) < 4.78 is 19.1. The van der Waals surface area contributed by atoms with Crippen LogP contribution in [0.15, 0.2) is 42.7 Å². The molecule has 0 saturated carbocycles. The summed E-state index contributed by atoms with van der Waals surface area (Å²) in [6.45, 7) is 5.62. The van der Waals surface area contributed by atoms with E-state index in [0.717, 1.165) is 37.4 Å². The lowest BCUT2D eigenvalue weighted by atomic mass is 10.1. The lowest BCUT2D eigenvalue weighted by molar-refractivity contribution is 0.387. The summed E-state index contributed by atoms with van der Waals surface area (Å²) >= 11 is 0. The molecule has 0 radical (unpaired) electrons. The van der Waals surface area contributed by atoms with Crippen molar-refractivity contribution in [2.75, 3.05) is 43.1 Å². The highest BCUT2D eigenvalue weighted by Gasteiger charge is 2.21. The number of benzene rings is 2. The molecular weight excluding hydrogens is 331 g/mol. The van der Waals surface area contributed by atoms with E-state index in [-0.39, 0.29) is 5.75 Å². The van der Waals surface area contributed by atoms with Crippen LogP contribution >= 0.6 is 0 Å². The Labute approximate surface area is 152 Å². The second kappa shape index (κ2) is 6.78. The van der Waals surface area contributed by atoms with Crippen molar-refractivity contribution in [2.24, 2.45) is 0 Å². The van der Waals surface area contributed by atoms with Gasteiger partial charge in [0.05, 0.1) is 12.6 Å². The fourth-order valence-corrected chi connectivity index (χ4v) is 3.45. The van der Waals surface area contributed by atoms with Crippen molar-refractivity contribution in [1.29, 1.82) is 0 Å². The van der Waals surface area contributed by atoms with E-state index in [1.165, 1.54) is 30.8 Å². The number of hydrogen-bond acceptors (Lipinski definition) is 5. The molecule has 3 aromatic rings. The van der Waals surface area contributed by atoms with E-state index < -0.39 is 5.82 Å². The second-order valence-corrected chi connectivity index (χ2v) is 6.51. The molecule has 2 aromatic carbocycles. The van der Waals surface area contributed by atoms with Gasteiger partial charge in [-0.1, -0.05) is 12.1 Å². The molecule has 0 atom stereocenters. The van der Waals surface area contributed by atoms with Gasteiger partial charge >= 0.3 is 0 Å². The molecule has 0 amide bonds. The lowest BCUT2D eigenvalue weighted by Gasteiger charge is -2.37. The molecule has 1 aliphatic heterocycles. The quantitative estimate of drug-likeness (QED) is 0.723. The minimum atomic E-state index is -0.408. The number of hydrogen-bond donors (Lipinski definition) is 0. The summed E-state index contributed by atoms with van der Waals surface area (Å²) in [6.07, 6.45) is 1.50. The zero-order chi connectivity index (χ0) is 18.1. The van der Waals surface area contributed by atoms with Crippen molar-refractivity contribution in [3.63, 3.8) is 0 Å². The van der Waals surface area contributed by atoms with Gasteiger partial charge in [-0.25, -0.2) is 14.4 Å². The molecule has 134 valence electrons. The molecule has 0 N–H and O–H groups in total. The highest BCUT2D eigenvalue weighted by atomic mass is 19.1. The molecule has 2 heterocycles. The van der Waals surface area contributed by atoms with Crippen LogP contribution < -0.4 is 14.5 Å². The zero-order valence-electron chi connectivity index (χ0n) is 14.9. The zero-order valence-corrected chi connectivity index (χ0v) is 14.9. The molecular formula is C20H21FN4O. The number of ether oxygens (including phenoxy) is 1. The van der Waals surface area contributed by atoms with E-state index in [0.29, 0.717) is 5.52 Å². The molecule has 0 aliphatic carbocycles. The number of fused-ring (bicyclic) bond motifs is 1. The number of methoxy groups -OCH3 is 1. The van der Waals surface area contributed by atoms with E-state index >= 15 is 0 Å². The first kappa shape index (κ1) is 16.6. The number of anilines is 2. The van der Waals surface area contributed by atoms with Crippen molar-refractivity contribution in [3.8, 4) is 5.75 Å². The molecule has 26 heavy (non-hydrogen) atoms. The van der Waals surface area contributed by atoms with Crippen LogP contribution in [0.2, 0.25) is 0 Å². The number of rotatable bonds is 3. The highest BCUT2D eigenvalue weighted by molar-refractivity contribution is 5.90. The van der Waals surface area contributed by atoms with E-state index in [1.54, 1.807) is 6.07 Å². The Bertz CT molecular complexity index is 938. The molecule has 0 unspecified atom stereocenters. The standard InChI is InChI=1S/C20H21FN4O/c1-14-4-3-5-15(10-14)24-6-8-25(9-7-24)20-16-11-19(26-2)17(21)12-18(16)22-13-23-20/h3-5,10-13H,6-9H2,1-2H3. The third-order valence-electron chi connectivity index (χ3n) is 4.83. The van der Waals surface area contributed by atoms with Crippen LogP contribution in [0.4, 0.5) is 15.9 Å². The maximum atomic E-state index is 14.0. The van der Waals surface area contributed by atoms with E-state index in [4.69, 9.17) is 4.74 Å². The Morgan fingerprint density at radius 2 is 1.77 bits per heavy atom. The lowest BCUT2D eigenvalue weighted by Crippen LogP contribution is -2.47. The van der Waals surface area contributed by atoms with Gasteiger partial charge in [0, 0.05) is 43.3 Å². The number of piperazine rings is 1. The van der Waals surface area contributed by atoms with Crippen LogP contribution in [-0.4, -0.2) is 43.3 Å². The van der Waals surface area contributed by atoms with Gasteiger partial charge in [0.15, 0.2) is 11.6 Å². The topological polar surface area (TPSA) is 41.5 Å². The van der Waals surface area contributed by atoms with Crippen molar-refractivity contribution >= 4 is 22.4 Å². The molecule has 1 aliphatic rings. The third kappa shape index (κ3) is 3.03. The van der Waals surface area contributed by atoms with Crippen LogP contribution in [-0.2, 0) is 0 Å². The highest BCUT2D eigenvalue weighted by Crippen LogP contribution is 2.30. The van der Waals surface area contributed by atoms with Crippen LogP contribution in [0.5, 0.6) is 5.75 Å². The first-order valence-corrected chi connectivity index (χ1v) is 8.70. The van der Waals surface area contributed by atoms with Gasteiger partial charge in [-0.05, 0) is 30.7 Å². The Kier molecular flexibility index (Phi) is 4.32. The van der Waals surface area contributed by atoms with E-state index in [2.05, 4.69) is 51.0 Å². The van der Waals surface area contributed by atoms with Crippen LogP contribution in [0.25, 0.3) is 10.9 Å². The SMILES string of the molecule is COc1cc2c(N3CCN(c4cccc(C)c4)CC3)ncnc2cc1F. The van der Waals surface area contributed by atoms with Gasteiger partial charge in [-0.2, -0.15) is 0 Å². The van der Waals surface area contributed by atoms with Gasteiger partial charge in [0.2, 0.25) is 0 Å². The first-order chi connectivity index (χ1) is 12.7. The van der Waals surface area contributed by atoms with Crippen molar-refractivity contribution < 1.29 is 9.13 Å². The average Bonchev–Trinajstić information content (AvgIpc) is 2.67. The van der Waals surface area contributed by atoms with Crippen molar-refractivity contribution in [1.82, 2.24) is 9.97 Å². The van der Waals surface area contributed by atoms with E-state index in [1.807, 2.05) is 0 Å². The summed E-state index contributed by atoms with van der Waals surface area (Å²) in [7, 11) is 1.47. The van der Waals surface area contributed by atoms with Crippen LogP contribution in [0.3, 0.4) is 0 Å². The van der Waals surface area contributed by atoms with Crippen molar-refractivity contribution in [3.05, 3.63) is 54.1 Å². The summed E-state index contributed by atoms with van der Waals surface area (Å²) in [5.74, 6) is 0.637. The summed E-state index contributed by atoms with van der Waals surface area (Å²) in [4.78, 5) is 13.3. The Morgan fingerprint density at radius 1 is 1.00 bits per heavy atom. The van der Waals surface area contributed by atoms with Crippen LogP contribution in [0.1, 0.15) is 5.56 Å². The summed E-state index contributed by atoms with van der Waals surface area (Å²) in [5, 5.41) is 0.815. The second-order valence-electron chi connectivity index (χ2n) is 6.51. The number of aromatic nitrogens is 2. The Balaban J connectivity index is 1.59. The maximum Gasteiger partial charge on any atom is 0.167 e. The van der Waals surface area contributed by atoms with Gasteiger partial charge in [0.1, 0.15) is 12.1 Å².